The lowest BCUT2D eigenvalue weighted by Crippen LogP contribution is -2.49. The number of aromatic amines is 1. The van der Waals surface area contributed by atoms with E-state index >= 15 is 0 Å². The molecule has 0 aliphatic carbocycles. The van der Waals surface area contributed by atoms with Gasteiger partial charge in [-0.25, -0.2) is 4.98 Å². The zero-order valence-corrected chi connectivity index (χ0v) is 17.1. The van der Waals surface area contributed by atoms with E-state index in [9.17, 15) is 9.90 Å². The van der Waals surface area contributed by atoms with Gasteiger partial charge in [0.05, 0.1) is 23.2 Å². The minimum absolute atomic E-state index is 0.00440. The second kappa shape index (κ2) is 8.02. The number of aromatic nitrogens is 2. The molecule has 1 aliphatic rings. The van der Waals surface area contributed by atoms with E-state index in [0.717, 1.165) is 34.9 Å². The minimum Gasteiger partial charge on any atom is -0.507 e. The van der Waals surface area contributed by atoms with Crippen LogP contribution in [0.1, 0.15) is 10.4 Å². The summed E-state index contributed by atoms with van der Waals surface area (Å²) in [4.78, 5) is 24.9. The number of aromatic hydroxyl groups is 1. The number of hydrogen-bond acceptors (Lipinski definition) is 5. The van der Waals surface area contributed by atoms with Crippen LogP contribution in [-0.4, -0.2) is 75.2 Å². The summed E-state index contributed by atoms with van der Waals surface area (Å²) in [6.07, 6.45) is 0. The average Bonchev–Trinajstić information content (AvgIpc) is 3.23. The smallest absolute Gasteiger partial charge is 0.254 e. The van der Waals surface area contributed by atoms with Crippen molar-refractivity contribution < 1.29 is 15.0 Å². The summed E-state index contributed by atoms with van der Waals surface area (Å²) in [5, 5.41) is 21.6. The van der Waals surface area contributed by atoms with Crippen molar-refractivity contribution in [3.05, 3.63) is 60.2 Å². The van der Waals surface area contributed by atoms with Crippen LogP contribution in [0.25, 0.3) is 33.2 Å². The van der Waals surface area contributed by atoms with E-state index in [0.29, 0.717) is 36.6 Å². The average molecular weight is 416 g/mol. The van der Waals surface area contributed by atoms with Crippen LogP contribution in [0.3, 0.4) is 0 Å². The van der Waals surface area contributed by atoms with Crippen molar-refractivity contribution in [2.45, 2.75) is 0 Å². The lowest BCUT2D eigenvalue weighted by Gasteiger charge is -2.34. The van der Waals surface area contributed by atoms with Crippen molar-refractivity contribution >= 4 is 27.7 Å². The number of amides is 1. The van der Waals surface area contributed by atoms with Crippen molar-refractivity contribution in [2.24, 2.45) is 0 Å². The van der Waals surface area contributed by atoms with E-state index in [-0.39, 0.29) is 18.3 Å². The molecule has 0 unspecified atom stereocenters. The monoisotopic (exact) mass is 416 g/mol. The first kappa shape index (κ1) is 19.5. The highest BCUT2D eigenvalue weighted by molar-refractivity contribution is 5.98. The first-order valence-corrected chi connectivity index (χ1v) is 10.5. The van der Waals surface area contributed by atoms with Gasteiger partial charge >= 0.3 is 0 Å². The Labute approximate surface area is 179 Å². The highest BCUT2D eigenvalue weighted by Gasteiger charge is 2.22. The van der Waals surface area contributed by atoms with Gasteiger partial charge in [-0.2, -0.15) is 0 Å². The van der Waals surface area contributed by atoms with E-state index < -0.39 is 0 Å². The Hall–Kier alpha value is -3.42. The molecular weight excluding hydrogens is 392 g/mol. The number of phenols is 1. The lowest BCUT2D eigenvalue weighted by molar-refractivity contribution is 0.0615. The number of carbonyl (C=O) groups excluding carboxylic acids is 1. The quantitative estimate of drug-likeness (QED) is 0.476. The lowest BCUT2D eigenvalue weighted by atomic mass is 10.1. The highest BCUT2D eigenvalue weighted by Crippen LogP contribution is 2.35. The Balaban J connectivity index is 1.42. The molecule has 158 valence electrons. The van der Waals surface area contributed by atoms with Gasteiger partial charge < -0.3 is 20.1 Å². The number of benzene rings is 3. The number of rotatable bonds is 4. The number of H-pyrrole nitrogens is 1. The van der Waals surface area contributed by atoms with Crippen molar-refractivity contribution in [2.75, 3.05) is 39.3 Å². The maximum absolute atomic E-state index is 13.0. The normalized spacial score (nSPS) is 15.1. The summed E-state index contributed by atoms with van der Waals surface area (Å²) >= 11 is 0. The molecule has 7 nitrogen and oxygen atoms in total. The second-order valence-electron chi connectivity index (χ2n) is 7.86. The van der Waals surface area contributed by atoms with E-state index in [2.05, 4.69) is 14.9 Å². The molecule has 0 radical (unpaired) electrons. The first-order chi connectivity index (χ1) is 15.1. The molecule has 1 amide bonds. The van der Waals surface area contributed by atoms with Gasteiger partial charge in [0.25, 0.3) is 5.91 Å². The molecule has 0 bridgehead atoms. The van der Waals surface area contributed by atoms with Gasteiger partial charge in [-0.1, -0.05) is 30.3 Å². The SMILES string of the molecule is O=C(c1ccc2nc(-c3ccc4ccccc4c3O)[nH]c2c1)N1CCN(CCO)CC1. The standard InChI is InChI=1S/C24H24N4O3/c29-14-13-27-9-11-28(12-10-27)24(31)17-6-8-20-21(15-17)26-23(25-20)19-7-5-16-3-1-2-4-18(16)22(19)30/h1-8,15,29-30H,9-14H2,(H,25,26). The number of phenolic OH excluding ortho intramolecular Hbond substituents is 1. The predicted octanol–water partition coefficient (Wildman–Crippen LogP) is 2.84. The zero-order valence-electron chi connectivity index (χ0n) is 17.1. The van der Waals surface area contributed by atoms with Crippen LogP contribution in [-0.2, 0) is 0 Å². The van der Waals surface area contributed by atoms with Crippen LogP contribution in [0.2, 0.25) is 0 Å². The van der Waals surface area contributed by atoms with E-state index in [4.69, 9.17) is 5.11 Å². The summed E-state index contributed by atoms with van der Waals surface area (Å²) in [5.41, 5.74) is 2.74. The van der Waals surface area contributed by atoms with Crippen molar-refractivity contribution in [3.63, 3.8) is 0 Å². The van der Waals surface area contributed by atoms with Crippen LogP contribution < -0.4 is 0 Å². The Bertz CT molecular complexity index is 1260. The molecule has 1 fully saturated rings. The Kier molecular flexibility index (Phi) is 5.05. The zero-order chi connectivity index (χ0) is 21.4. The molecule has 0 atom stereocenters. The Morgan fingerprint density at radius 3 is 2.65 bits per heavy atom. The molecule has 3 aromatic carbocycles. The molecule has 31 heavy (non-hydrogen) atoms. The number of carbonyl (C=O) groups is 1. The maximum Gasteiger partial charge on any atom is 0.254 e. The van der Waals surface area contributed by atoms with Gasteiger partial charge in [-0.3, -0.25) is 9.69 Å². The Morgan fingerprint density at radius 1 is 1.03 bits per heavy atom. The first-order valence-electron chi connectivity index (χ1n) is 10.5. The third-order valence-corrected chi connectivity index (χ3v) is 5.96. The number of aliphatic hydroxyl groups excluding tert-OH is 1. The van der Waals surface area contributed by atoms with Crippen molar-refractivity contribution in [3.8, 4) is 17.1 Å². The molecule has 4 aromatic rings. The third kappa shape index (κ3) is 3.62. The predicted molar refractivity (Wildman–Crippen MR) is 120 cm³/mol. The van der Waals surface area contributed by atoms with E-state index in [1.54, 1.807) is 6.07 Å². The van der Waals surface area contributed by atoms with Gasteiger partial charge in [0.2, 0.25) is 0 Å². The van der Waals surface area contributed by atoms with E-state index in [1.807, 2.05) is 53.4 Å². The molecule has 0 spiro atoms. The highest BCUT2D eigenvalue weighted by atomic mass is 16.3. The van der Waals surface area contributed by atoms with Crippen molar-refractivity contribution in [1.82, 2.24) is 19.8 Å². The van der Waals surface area contributed by atoms with Gasteiger partial charge in [-0.15, -0.1) is 0 Å². The van der Waals surface area contributed by atoms with Crippen LogP contribution in [0, 0.1) is 0 Å². The molecule has 5 rings (SSSR count). The number of β-amino-alcohol motifs (C(OH)–C–C–N with tert-alkyl or cyclic N) is 1. The fraction of sp³-hybridized carbons (Fsp3) is 0.250. The minimum atomic E-state index is -0.00440. The number of imidazole rings is 1. The fourth-order valence-electron chi connectivity index (χ4n) is 4.21. The number of fused-ring (bicyclic) bond motifs is 2. The van der Waals surface area contributed by atoms with Gasteiger partial charge in [0.1, 0.15) is 11.6 Å². The maximum atomic E-state index is 13.0. The van der Waals surface area contributed by atoms with Gasteiger partial charge in [0, 0.05) is 43.7 Å². The molecule has 3 N–H and O–H groups in total. The molecule has 2 heterocycles. The summed E-state index contributed by atoms with van der Waals surface area (Å²) in [7, 11) is 0. The van der Waals surface area contributed by atoms with Crippen LogP contribution in [0.4, 0.5) is 0 Å². The second-order valence-corrected chi connectivity index (χ2v) is 7.86. The molecular formula is C24H24N4O3. The van der Waals surface area contributed by atoms with Crippen LogP contribution in [0.15, 0.2) is 54.6 Å². The number of nitrogens with zero attached hydrogens (tertiary/aromatic N) is 3. The topological polar surface area (TPSA) is 92.7 Å². The van der Waals surface area contributed by atoms with Gasteiger partial charge in [0.15, 0.2) is 0 Å². The molecule has 1 saturated heterocycles. The largest absolute Gasteiger partial charge is 0.507 e. The van der Waals surface area contributed by atoms with Crippen LogP contribution >= 0.6 is 0 Å². The fourth-order valence-corrected chi connectivity index (χ4v) is 4.21. The third-order valence-electron chi connectivity index (χ3n) is 5.96. The summed E-state index contributed by atoms with van der Waals surface area (Å²) < 4.78 is 0. The summed E-state index contributed by atoms with van der Waals surface area (Å²) in [5.74, 6) is 0.755. The number of piperazine rings is 1. The molecule has 1 aliphatic heterocycles. The Morgan fingerprint density at radius 2 is 1.84 bits per heavy atom. The van der Waals surface area contributed by atoms with Crippen LogP contribution in [0.5, 0.6) is 5.75 Å². The number of aliphatic hydroxyl groups is 1. The number of hydrogen-bond donors (Lipinski definition) is 3. The summed E-state index contributed by atoms with van der Waals surface area (Å²) in [6, 6.07) is 17.0. The molecule has 7 heteroatoms. The van der Waals surface area contributed by atoms with Crippen molar-refractivity contribution in [1.29, 1.82) is 0 Å². The van der Waals surface area contributed by atoms with E-state index in [1.165, 1.54) is 0 Å². The van der Waals surface area contributed by atoms with Gasteiger partial charge in [-0.05, 0) is 29.7 Å². The molecule has 1 aromatic heterocycles. The molecule has 0 saturated carbocycles. The summed E-state index contributed by atoms with van der Waals surface area (Å²) in [6.45, 7) is 3.62. The number of nitrogens with one attached hydrogen (secondary N) is 1.